The number of amides is 1. The molecular weight excluding hydrogens is 426 g/mol. The molecule has 10 heteroatoms. The summed E-state index contributed by atoms with van der Waals surface area (Å²) in [5, 5.41) is 0.241. The number of methoxy groups -OCH3 is 1. The van der Waals surface area contributed by atoms with Gasteiger partial charge in [-0.3, -0.25) is 9.59 Å². The van der Waals surface area contributed by atoms with Gasteiger partial charge in [-0.05, 0) is 43.3 Å². The van der Waals surface area contributed by atoms with Gasteiger partial charge in [0.15, 0.2) is 5.13 Å². The second-order valence-corrected chi connectivity index (χ2v) is 7.59. The standard InChI is InChI=1S/C21H20F2N4O3S/c1-11(20(25)29)27(14-7-3-13(4-8-14)18(22)23)21-26-19(24)17(31-21)16(28)12-5-9-15(30-2)10-6-12/h3-11,18H,24H2,1-2H3,(H2,25,29). The van der Waals surface area contributed by atoms with Gasteiger partial charge >= 0.3 is 0 Å². The monoisotopic (exact) mass is 446 g/mol. The minimum Gasteiger partial charge on any atom is -0.497 e. The fourth-order valence-electron chi connectivity index (χ4n) is 2.87. The van der Waals surface area contributed by atoms with Gasteiger partial charge in [-0.15, -0.1) is 0 Å². The molecule has 0 aliphatic heterocycles. The summed E-state index contributed by atoms with van der Waals surface area (Å²) in [4.78, 5) is 30.7. The first-order chi connectivity index (χ1) is 14.7. The Morgan fingerprint density at radius 2 is 1.71 bits per heavy atom. The number of ketones is 1. The third-order valence-corrected chi connectivity index (χ3v) is 5.70. The van der Waals surface area contributed by atoms with Crippen molar-refractivity contribution in [3.05, 3.63) is 64.5 Å². The van der Waals surface area contributed by atoms with Crippen LogP contribution in [-0.4, -0.2) is 29.8 Å². The number of primary amides is 1. The second-order valence-electron chi connectivity index (χ2n) is 6.61. The van der Waals surface area contributed by atoms with E-state index in [2.05, 4.69) is 4.98 Å². The van der Waals surface area contributed by atoms with Crippen molar-refractivity contribution in [3.63, 3.8) is 0 Å². The zero-order valence-corrected chi connectivity index (χ0v) is 17.5. The summed E-state index contributed by atoms with van der Waals surface area (Å²) in [6, 6.07) is 11.0. The van der Waals surface area contributed by atoms with Gasteiger partial charge in [0.25, 0.3) is 6.43 Å². The predicted molar refractivity (Wildman–Crippen MR) is 115 cm³/mol. The van der Waals surface area contributed by atoms with Crippen LogP contribution in [0, 0.1) is 0 Å². The first-order valence-electron chi connectivity index (χ1n) is 9.14. The molecule has 3 aromatic rings. The number of carbonyl (C=O) groups excluding carboxylic acids is 2. The normalized spacial score (nSPS) is 11.9. The highest BCUT2D eigenvalue weighted by atomic mass is 32.1. The summed E-state index contributed by atoms with van der Waals surface area (Å²) < 4.78 is 30.9. The highest BCUT2D eigenvalue weighted by molar-refractivity contribution is 7.18. The fourth-order valence-corrected chi connectivity index (χ4v) is 3.92. The Bertz CT molecular complexity index is 1090. The van der Waals surface area contributed by atoms with Crippen molar-refractivity contribution in [2.75, 3.05) is 17.7 Å². The Morgan fingerprint density at radius 3 is 2.23 bits per heavy atom. The summed E-state index contributed by atoms with van der Waals surface area (Å²) in [6.07, 6.45) is -2.62. The summed E-state index contributed by atoms with van der Waals surface area (Å²) in [5.74, 6) is -0.409. The van der Waals surface area contributed by atoms with Gasteiger partial charge in [0.05, 0.1) is 7.11 Å². The fraction of sp³-hybridized carbons (Fsp3) is 0.190. The van der Waals surface area contributed by atoms with E-state index in [-0.39, 0.29) is 27.2 Å². The molecule has 1 unspecified atom stereocenters. The molecule has 4 N–H and O–H groups in total. The number of hydrogen-bond acceptors (Lipinski definition) is 7. The number of benzene rings is 2. The van der Waals surface area contributed by atoms with Crippen LogP contribution in [-0.2, 0) is 4.79 Å². The quantitative estimate of drug-likeness (QED) is 0.508. The molecule has 1 heterocycles. The lowest BCUT2D eigenvalue weighted by molar-refractivity contribution is -0.118. The largest absolute Gasteiger partial charge is 0.497 e. The number of ether oxygens (including phenoxy) is 1. The topological polar surface area (TPSA) is 112 Å². The summed E-state index contributed by atoms with van der Waals surface area (Å²) >= 11 is 0.985. The lowest BCUT2D eigenvalue weighted by Crippen LogP contribution is -2.39. The number of nitrogens with zero attached hydrogens (tertiary/aromatic N) is 2. The molecule has 7 nitrogen and oxygen atoms in total. The van der Waals surface area contributed by atoms with E-state index < -0.39 is 18.4 Å². The molecule has 2 aromatic carbocycles. The number of nitrogen functional groups attached to an aromatic ring is 1. The SMILES string of the molecule is COc1ccc(C(=O)c2sc(N(c3ccc(C(F)F)cc3)C(C)C(N)=O)nc2N)cc1. The molecule has 0 spiro atoms. The van der Waals surface area contributed by atoms with Gasteiger partial charge in [-0.2, -0.15) is 0 Å². The minimum absolute atomic E-state index is 0.00770. The molecule has 0 radical (unpaired) electrons. The van der Waals surface area contributed by atoms with Crippen LogP contribution in [0.25, 0.3) is 0 Å². The molecular formula is C21H20F2N4O3S. The van der Waals surface area contributed by atoms with Crippen molar-refractivity contribution < 1.29 is 23.1 Å². The van der Waals surface area contributed by atoms with Crippen LogP contribution in [0.15, 0.2) is 48.5 Å². The van der Waals surface area contributed by atoms with E-state index in [0.29, 0.717) is 17.0 Å². The molecule has 1 atom stereocenters. The predicted octanol–water partition coefficient (Wildman–Crippen LogP) is 3.91. The molecule has 162 valence electrons. The zero-order valence-electron chi connectivity index (χ0n) is 16.7. The molecule has 3 rings (SSSR count). The average Bonchev–Trinajstić information content (AvgIpc) is 3.14. The number of alkyl halides is 2. The number of aromatic nitrogens is 1. The number of hydrogen-bond donors (Lipinski definition) is 2. The van der Waals surface area contributed by atoms with E-state index >= 15 is 0 Å². The maximum Gasteiger partial charge on any atom is 0.263 e. The van der Waals surface area contributed by atoms with Crippen molar-refractivity contribution in [2.45, 2.75) is 19.4 Å². The number of nitrogens with two attached hydrogens (primary N) is 2. The Kier molecular flexibility index (Phi) is 6.50. The molecule has 0 bridgehead atoms. The van der Waals surface area contributed by atoms with Crippen molar-refractivity contribution in [3.8, 4) is 5.75 Å². The van der Waals surface area contributed by atoms with Crippen LogP contribution in [0.4, 0.5) is 25.4 Å². The molecule has 0 saturated carbocycles. The molecule has 0 fully saturated rings. The highest BCUT2D eigenvalue weighted by Crippen LogP contribution is 2.36. The Labute approximate surface area is 181 Å². The number of anilines is 3. The van der Waals surface area contributed by atoms with E-state index in [1.807, 2.05) is 0 Å². The molecule has 0 saturated heterocycles. The van der Waals surface area contributed by atoms with Crippen molar-refractivity contribution in [1.82, 2.24) is 4.98 Å². The smallest absolute Gasteiger partial charge is 0.263 e. The lowest BCUT2D eigenvalue weighted by atomic mass is 10.1. The maximum atomic E-state index is 12.9. The van der Waals surface area contributed by atoms with Crippen molar-refractivity contribution >= 4 is 39.7 Å². The van der Waals surface area contributed by atoms with E-state index in [9.17, 15) is 18.4 Å². The van der Waals surface area contributed by atoms with Gasteiger partial charge in [-0.25, -0.2) is 13.8 Å². The zero-order chi connectivity index (χ0) is 22.7. The van der Waals surface area contributed by atoms with Gasteiger partial charge in [-0.1, -0.05) is 23.5 Å². The second kappa shape index (κ2) is 9.09. The Balaban J connectivity index is 2.00. The van der Waals surface area contributed by atoms with Gasteiger partial charge in [0.1, 0.15) is 22.5 Å². The van der Waals surface area contributed by atoms with Gasteiger partial charge < -0.3 is 21.1 Å². The molecule has 0 aliphatic rings. The maximum absolute atomic E-state index is 12.9. The van der Waals surface area contributed by atoms with Crippen molar-refractivity contribution in [1.29, 1.82) is 0 Å². The van der Waals surface area contributed by atoms with Gasteiger partial charge in [0.2, 0.25) is 11.7 Å². The van der Waals surface area contributed by atoms with E-state index in [0.717, 1.165) is 11.3 Å². The van der Waals surface area contributed by atoms with E-state index in [1.165, 1.54) is 36.3 Å². The number of rotatable bonds is 8. The van der Waals surface area contributed by atoms with Crippen molar-refractivity contribution in [2.24, 2.45) is 5.73 Å². The highest BCUT2D eigenvalue weighted by Gasteiger charge is 2.27. The third kappa shape index (κ3) is 4.64. The Hall–Kier alpha value is -3.53. The average molecular weight is 446 g/mol. The van der Waals surface area contributed by atoms with Crippen LogP contribution in [0.5, 0.6) is 5.75 Å². The third-order valence-electron chi connectivity index (χ3n) is 4.63. The van der Waals surface area contributed by atoms with E-state index in [1.54, 1.807) is 31.2 Å². The van der Waals surface area contributed by atoms with Crippen LogP contribution >= 0.6 is 11.3 Å². The molecule has 1 aromatic heterocycles. The van der Waals surface area contributed by atoms with Crippen LogP contribution in [0.3, 0.4) is 0 Å². The van der Waals surface area contributed by atoms with Crippen LogP contribution in [0.2, 0.25) is 0 Å². The van der Waals surface area contributed by atoms with Crippen LogP contribution < -0.4 is 21.1 Å². The van der Waals surface area contributed by atoms with E-state index in [4.69, 9.17) is 16.2 Å². The number of thiazole rings is 1. The first-order valence-corrected chi connectivity index (χ1v) is 9.96. The lowest BCUT2D eigenvalue weighted by Gasteiger charge is -2.26. The molecule has 1 amide bonds. The van der Waals surface area contributed by atoms with Crippen LogP contribution in [0.1, 0.15) is 34.1 Å². The first kappa shape index (κ1) is 22.2. The number of carbonyl (C=O) groups is 2. The minimum atomic E-state index is -2.62. The summed E-state index contributed by atoms with van der Waals surface area (Å²) in [6.45, 7) is 1.55. The molecule has 31 heavy (non-hydrogen) atoms. The summed E-state index contributed by atoms with van der Waals surface area (Å²) in [5.41, 5.74) is 12.1. The molecule has 0 aliphatic carbocycles. The summed E-state index contributed by atoms with van der Waals surface area (Å²) in [7, 11) is 1.52. The number of halogens is 2. The van der Waals surface area contributed by atoms with Gasteiger partial charge in [0, 0.05) is 16.8 Å². The Morgan fingerprint density at radius 1 is 1.10 bits per heavy atom.